The van der Waals surface area contributed by atoms with Crippen LogP contribution in [0.1, 0.15) is 58.4 Å². The minimum atomic E-state index is -0.932. The molecule has 4 nitrogen and oxygen atoms in total. The zero-order valence-electron chi connectivity index (χ0n) is 13.6. The number of hydrogen-bond donors (Lipinski definition) is 2. The Morgan fingerprint density at radius 3 is 2.18 bits per heavy atom. The molecule has 0 unspecified atom stereocenters. The van der Waals surface area contributed by atoms with Gasteiger partial charge in [0.05, 0.1) is 5.41 Å². The number of carbonyl (C=O) groups is 2. The van der Waals surface area contributed by atoms with Crippen molar-refractivity contribution >= 4 is 17.6 Å². The fourth-order valence-corrected chi connectivity index (χ4v) is 3.15. The third-order valence-electron chi connectivity index (χ3n) is 5.12. The number of carboxylic acids is 1. The standard InChI is InChI=1S/C18H25NO3/c1-4-18(11-5-6-12-18)15(20)19-14-9-7-13(8-10-14)17(2,3)16(21)22/h7-10H,4-6,11-12H2,1-3H3,(H,19,20)(H,21,22). The molecule has 2 N–H and O–H groups in total. The normalized spacial score (nSPS) is 17.2. The first kappa shape index (κ1) is 16.5. The lowest BCUT2D eigenvalue weighted by Gasteiger charge is -2.26. The summed E-state index contributed by atoms with van der Waals surface area (Å²) in [5, 5.41) is 12.2. The largest absolute Gasteiger partial charge is 0.481 e. The summed E-state index contributed by atoms with van der Waals surface area (Å²) in [5.74, 6) is -0.766. The topological polar surface area (TPSA) is 66.4 Å². The van der Waals surface area contributed by atoms with Gasteiger partial charge in [0.1, 0.15) is 0 Å². The lowest BCUT2D eigenvalue weighted by molar-refractivity contribution is -0.142. The van der Waals surface area contributed by atoms with Crippen molar-refractivity contribution in [2.24, 2.45) is 5.41 Å². The highest BCUT2D eigenvalue weighted by molar-refractivity contribution is 5.95. The van der Waals surface area contributed by atoms with Crippen LogP contribution in [-0.2, 0) is 15.0 Å². The van der Waals surface area contributed by atoms with Crippen LogP contribution in [0.4, 0.5) is 5.69 Å². The van der Waals surface area contributed by atoms with E-state index in [4.69, 9.17) is 0 Å². The fraction of sp³-hybridized carbons (Fsp3) is 0.556. The first-order chi connectivity index (χ1) is 10.3. The van der Waals surface area contributed by atoms with Gasteiger partial charge in [-0.05, 0) is 50.8 Å². The Morgan fingerprint density at radius 1 is 1.18 bits per heavy atom. The molecule has 1 aliphatic carbocycles. The summed E-state index contributed by atoms with van der Waals surface area (Å²) in [4.78, 5) is 23.8. The molecule has 0 radical (unpaired) electrons. The van der Waals surface area contributed by atoms with E-state index in [0.29, 0.717) is 0 Å². The number of hydrogen-bond acceptors (Lipinski definition) is 2. The van der Waals surface area contributed by atoms with E-state index in [9.17, 15) is 14.7 Å². The number of benzene rings is 1. The molecular weight excluding hydrogens is 278 g/mol. The van der Waals surface area contributed by atoms with Gasteiger partial charge in [0.25, 0.3) is 0 Å². The van der Waals surface area contributed by atoms with Crippen molar-refractivity contribution < 1.29 is 14.7 Å². The monoisotopic (exact) mass is 303 g/mol. The maximum Gasteiger partial charge on any atom is 0.313 e. The highest BCUT2D eigenvalue weighted by Crippen LogP contribution is 2.41. The molecule has 0 bridgehead atoms. The molecule has 1 saturated carbocycles. The molecule has 0 atom stereocenters. The second-order valence-electron chi connectivity index (χ2n) is 6.80. The molecule has 1 fully saturated rings. The Morgan fingerprint density at radius 2 is 1.73 bits per heavy atom. The van der Waals surface area contributed by atoms with E-state index >= 15 is 0 Å². The van der Waals surface area contributed by atoms with E-state index in [1.807, 2.05) is 0 Å². The van der Waals surface area contributed by atoms with Gasteiger partial charge in [0.2, 0.25) is 5.91 Å². The summed E-state index contributed by atoms with van der Waals surface area (Å²) in [6, 6.07) is 7.13. The average molecular weight is 303 g/mol. The van der Waals surface area contributed by atoms with E-state index < -0.39 is 11.4 Å². The van der Waals surface area contributed by atoms with Crippen LogP contribution < -0.4 is 5.32 Å². The number of aliphatic carboxylic acids is 1. The van der Waals surface area contributed by atoms with Gasteiger partial charge in [-0.2, -0.15) is 0 Å². The first-order valence-corrected chi connectivity index (χ1v) is 7.97. The van der Waals surface area contributed by atoms with E-state index in [2.05, 4.69) is 12.2 Å². The maximum absolute atomic E-state index is 12.6. The van der Waals surface area contributed by atoms with Crippen molar-refractivity contribution in [3.8, 4) is 0 Å². The molecule has 0 aromatic heterocycles. The summed E-state index contributed by atoms with van der Waals surface area (Å²) < 4.78 is 0. The SMILES string of the molecule is CCC1(C(=O)Nc2ccc(C(C)(C)C(=O)O)cc2)CCCC1. The second-order valence-corrected chi connectivity index (χ2v) is 6.80. The van der Waals surface area contributed by atoms with Crippen molar-refractivity contribution in [1.29, 1.82) is 0 Å². The van der Waals surface area contributed by atoms with Gasteiger partial charge in [-0.1, -0.05) is 31.9 Å². The van der Waals surface area contributed by atoms with Gasteiger partial charge in [0.15, 0.2) is 0 Å². The third kappa shape index (κ3) is 3.01. The van der Waals surface area contributed by atoms with E-state index in [0.717, 1.165) is 43.4 Å². The van der Waals surface area contributed by atoms with Crippen LogP contribution in [0.2, 0.25) is 0 Å². The molecule has 4 heteroatoms. The Bertz CT molecular complexity index is 554. The van der Waals surface area contributed by atoms with Crippen molar-refractivity contribution in [2.45, 2.75) is 58.3 Å². The van der Waals surface area contributed by atoms with Crippen molar-refractivity contribution in [2.75, 3.05) is 5.32 Å². The molecule has 1 aromatic carbocycles. The Kier molecular flexibility index (Phi) is 4.59. The molecule has 1 amide bonds. The number of carbonyl (C=O) groups excluding carboxylic acids is 1. The number of nitrogens with one attached hydrogen (secondary N) is 1. The lowest BCUT2D eigenvalue weighted by Crippen LogP contribution is -2.33. The third-order valence-corrected chi connectivity index (χ3v) is 5.12. The summed E-state index contributed by atoms with van der Waals surface area (Å²) in [5.41, 5.74) is 0.302. The van der Waals surface area contributed by atoms with Crippen LogP contribution >= 0.6 is 0 Å². The van der Waals surface area contributed by atoms with Crippen LogP contribution in [0.3, 0.4) is 0 Å². The van der Waals surface area contributed by atoms with Gasteiger partial charge >= 0.3 is 5.97 Å². The van der Waals surface area contributed by atoms with Crippen molar-refractivity contribution in [3.63, 3.8) is 0 Å². The predicted molar refractivity (Wildman–Crippen MR) is 86.9 cm³/mol. The molecule has 0 aliphatic heterocycles. The smallest absolute Gasteiger partial charge is 0.313 e. The van der Waals surface area contributed by atoms with Gasteiger partial charge in [-0.3, -0.25) is 9.59 Å². The molecule has 0 saturated heterocycles. The van der Waals surface area contributed by atoms with Gasteiger partial charge in [0, 0.05) is 11.1 Å². The number of amides is 1. The van der Waals surface area contributed by atoms with Gasteiger partial charge in [-0.15, -0.1) is 0 Å². The molecular formula is C18H25NO3. The van der Waals surface area contributed by atoms with Crippen molar-refractivity contribution in [1.82, 2.24) is 0 Å². The number of rotatable bonds is 5. The molecule has 22 heavy (non-hydrogen) atoms. The zero-order valence-corrected chi connectivity index (χ0v) is 13.6. The fourth-order valence-electron chi connectivity index (χ4n) is 3.15. The lowest BCUT2D eigenvalue weighted by atomic mass is 9.82. The summed E-state index contributed by atoms with van der Waals surface area (Å²) in [6.45, 7) is 5.42. The number of carboxylic acid groups (broad SMARTS) is 1. The molecule has 2 rings (SSSR count). The van der Waals surface area contributed by atoms with Crippen LogP contribution in [0.15, 0.2) is 24.3 Å². The quantitative estimate of drug-likeness (QED) is 0.865. The summed E-state index contributed by atoms with van der Waals surface area (Å²) >= 11 is 0. The van der Waals surface area contributed by atoms with Crippen LogP contribution in [0.5, 0.6) is 0 Å². The summed E-state index contributed by atoms with van der Waals surface area (Å²) in [6.07, 6.45) is 5.02. The van der Waals surface area contributed by atoms with E-state index in [1.165, 1.54) is 0 Å². The average Bonchev–Trinajstić information content (AvgIpc) is 2.98. The van der Waals surface area contributed by atoms with E-state index in [-0.39, 0.29) is 11.3 Å². The molecule has 120 valence electrons. The zero-order chi connectivity index (χ0) is 16.4. The van der Waals surface area contributed by atoms with Gasteiger partial charge < -0.3 is 10.4 Å². The predicted octanol–water partition coefficient (Wildman–Crippen LogP) is 3.96. The van der Waals surface area contributed by atoms with Gasteiger partial charge in [-0.25, -0.2) is 0 Å². The highest BCUT2D eigenvalue weighted by atomic mass is 16.4. The van der Waals surface area contributed by atoms with Crippen LogP contribution in [0, 0.1) is 5.41 Å². The second kappa shape index (κ2) is 6.11. The molecule has 1 aromatic rings. The van der Waals surface area contributed by atoms with Crippen LogP contribution in [-0.4, -0.2) is 17.0 Å². The molecule has 1 aliphatic rings. The molecule has 0 spiro atoms. The Labute approximate surface area is 131 Å². The molecule has 0 heterocycles. The summed E-state index contributed by atoms with van der Waals surface area (Å²) in [7, 11) is 0. The minimum Gasteiger partial charge on any atom is -0.481 e. The minimum absolute atomic E-state index is 0.0951. The highest BCUT2D eigenvalue weighted by Gasteiger charge is 2.39. The first-order valence-electron chi connectivity index (χ1n) is 7.97. The maximum atomic E-state index is 12.6. The van der Waals surface area contributed by atoms with Crippen molar-refractivity contribution in [3.05, 3.63) is 29.8 Å². The number of anilines is 1. The van der Waals surface area contributed by atoms with E-state index in [1.54, 1.807) is 38.1 Å². The Balaban J connectivity index is 2.12. The van der Waals surface area contributed by atoms with Crippen LogP contribution in [0.25, 0.3) is 0 Å². The Hall–Kier alpha value is -1.84.